The van der Waals surface area contributed by atoms with Gasteiger partial charge in [-0.25, -0.2) is 0 Å². The first-order valence-electron chi connectivity index (χ1n) is 4.41. The van der Waals surface area contributed by atoms with E-state index in [1.807, 2.05) is 12.1 Å². The number of hydrogen-bond acceptors (Lipinski definition) is 4. The van der Waals surface area contributed by atoms with Crippen LogP contribution in [0.2, 0.25) is 0 Å². The van der Waals surface area contributed by atoms with Gasteiger partial charge in [-0.3, -0.25) is 0 Å². The van der Waals surface area contributed by atoms with E-state index in [9.17, 15) is 0 Å². The highest BCUT2D eigenvalue weighted by Crippen LogP contribution is 2.36. The van der Waals surface area contributed by atoms with Crippen molar-refractivity contribution in [2.24, 2.45) is 10.2 Å². The lowest BCUT2D eigenvalue weighted by Gasteiger charge is -2.04. The second-order valence-electron chi connectivity index (χ2n) is 3.12. The number of nitrogens with zero attached hydrogens (tertiary/aromatic N) is 2. The Morgan fingerprint density at radius 2 is 2.14 bits per heavy atom. The molecule has 0 fully saturated rings. The molecule has 0 aromatic heterocycles. The first kappa shape index (κ1) is 7.55. The van der Waals surface area contributed by atoms with E-state index in [0.29, 0.717) is 6.79 Å². The number of benzene rings is 1. The molecule has 0 N–H and O–H groups in total. The maximum atomic E-state index is 5.38. The number of rotatable bonds is 0. The zero-order valence-electron chi connectivity index (χ0n) is 7.43. The van der Waals surface area contributed by atoms with E-state index in [-0.39, 0.29) is 0 Å². The maximum absolute atomic E-state index is 5.38. The van der Waals surface area contributed by atoms with Crippen LogP contribution in [0.3, 0.4) is 0 Å². The fourth-order valence-corrected chi connectivity index (χ4v) is 1.63. The topological polar surface area (TPSA) is 43.2 Å². The van der Waals surface area contributed by atoms with E-state index in [1.165, 1.54) is 5.56 Å². The van der Waals surface area contributed by atoms with Crippen molar-refractivity contribution in [1.82, 2.24) is 0 Å². The Balaban J connectivity index is 2.22. The molecule has 0 saturated heterocycles. The predicted octanol–water partition coefficient (Wildman–Crippen LogP) is 1.38. The predicted molar refractivity (Wildman–Crippen MR) is 52.4 cm³/mol. The maximum Gasteiger partial charge on any atom is 0.231 e. The Bertz CT molecular complexity index is 438. The summed E-state index contributed by atoms with van der Waals surface area (Å²) in [5.74, 6) is 1.58. The number of fused-ring (bicyclic) bond motifs is 3. The van der Waals surface area contributed by atoms with Crippen LogP contribution in [0, 0.1) is 0 Å². The second-order valence-corrected chi connectivity index (χ2v) is 3.12. The standard InChI is InChI=1S/C10H8N2O2/c1-2-9-10(14-6-13-9)8-5-12-11-4-3-7(1)8/h1-2,4-5H,3,6H2. The largest absolute Gasteiger partial charge is 0.454 e. The summed E-state index contributed by atoms with van der Waals surface area (Å²) < 4.78 is 10.7. The molecule has 0 bridgehead atoms. The van der Waals surface area contributed by atoms with E-state index in [2.05, 4.69) is 10.2 Å². The molecular weight excluding hydrogens is 180 g/mol. The van der Waals surface area contributed by atoms with Gasteiger partial charge in [-0.1, -0.05) is 6.07 Å². The average Bonchev–Trinajstić information content (AvgIpc) is 2.55. The van der Waals surface area contributed by atoms with Crippen LogP contribution >= 0.6 is 0 Å². The third-order valence-electron chi connectivity index (χ3n) is 2.31. The number of hydrogen-bond donors (Lipinski definition) is 0. The molecule has 0 spiro atoms. The van der Waals surface area contributed by atoms with Crippen LogP contribution in [0.15, 0.2) is 22.3 Å². The molecule has 4 nitrogen and oxygen atoms in total. The third kappa shape index (κ3) is 1.00. The molecule has 70 valence electrons. The van der Waals surface area contributed by atoms with Gasteiger partial charge in [-0.05, 0) is 11.6 Å². The lowest BCUT2D eigenvalue weighted by molar-refractivity contribution is 0.174. The van der Waals surface area contributed by atoms with Gasteiger partial charge in [0.15, 0.2) is 11.5 Å². The van der Waals surface area contributed by atoms with Gasteiger partial charge < -0.3 is 9.47 Å². The van der Waals surface area contributed by atoms with Crippen LogP contribution in [0.4, 0.5) is 0 Å². The van der Waals surface area contributed by atoms with Crippen LogP contribution in [0.25, 0.3) is 0 Å². The molecular formula is C10H8N2O2. The normalized spacial score (nSPS) is 16.6. The minimum atomic E-state index is 0.292. The minimum Gasteiger partial charge on any atom is -0.454 e. The lowest BCUT2D eigenvalue weighted by atomic mass is 10.0. The van der Waals surface area contributed by atoms with Gasteiger partial charge in [0, 0.05) is 18.2 Å². The molecule has 2 aliphatic rings. The van der Waals surface area contributed by atoms with Gasteiger partial charge in [0.2, 0.25) is 6.79 Å². The highest BCUT2D eigenvalue weighted by atomic mass is 16.7. The highest BCUT2D eigenvalue weighted by Gasteiger charge is 2.19. The van der Waals surface area contributed by atoms with Crippen LogP contribution in [0.5, 0.6) is 11.5 Å². The van der Waals surface area contributed by atoms with E-state index in [0.717, 1.165) is 23.5 Å². The van der Waals surface area contributed by atoms with Gasteiger partial charge in [0.1, 0.15) is 0 Å². The second kappa shape index (κ2) is 2.83. The monoisotopic (exact) mass is 188 g/mol. The highest BCUT2D eigenvalue weighted by molar-refractivity contribution is 5.90. The summed E-state index contributed by atoms with van der Waals surface area (Å²) in [7, 11) is 0. The van der Waals surface area contributed by atoms with Crippen molar-refractivity contribution in [2.75, 3.05) is 6.79 Å². The molecule has 4 heteroatoms. The summed E-state index contributed by atoms with van der Waals surface area (Å²) in [6.45, 7) is 0.292. The van der Waals surface area contributed by atoms with Gasteiger partial charge in [0.25, 0.3) is 0 Å². The van der Waals surface area contributed by atoms with E-state index in [1.54, 1.807) is 12.4 Å². The van der Waals surface area contributed by atoms with E-state index in [4.69, 9.17) is 9.47 Å². The van der Waals surface area contributed by atoms with Crippen LogP contribution in [-0.2, 0) is 6.42 Å². The van der Waals surface area contributed by atoms with Crippen molar-refractivity contribution in [3.05, 3.63) is 23.3 Å². The molecule has 2 aliphatic heterocycles. The molecule has 1 aromatic carbocycles. The van der Waals surface area contributed by atoms with Crippen molar-refractivity contribution >= 4 is 12.4 Å². The zero-order chi connectivity index (χ0) is 9.38. The van der Waals surface area contributed by atoms with Crippen molar-refractivity contribution in [3.8, 4) is 11.5 Å². The first-order valence-corrected chi connectivity index (χ1v) is 4.41. The summed E-state index contributed by atoms with van der Waals surface area (Å²) in [4.78, 5) is 0. The summed E-state index contributed by atoms with van der Waals surface area (Å²) >= 11 is 0. The van der Waals surface area contributed by atoms with E-state index >= 15 is 0 Å². The van der Waals surface area contributed by atoms with Crippen LogP contribution in [0.1, 0.15) is 11.1 Å². The SMILES string of the molecule is C1=NN=Cc2c(ccc3c2OCO3)C1. The molecule has 0 saturated carbocycles. The Morgan fingerprint density at radius 3 is 3.14 bits per heavy atom. The Hall–Kier alpha value is -1.84. The molecule has 0 aliphatic carbocycles. The molecule has 14 heavy (non-hydrogen) atoms. The minimum absolute atomic E-state index is 0.292. The van der Waals surface area contributed by atoms with Crippen molar-refractivity contribution in [2.45, 2.75) is 6.42 Å². The summed E-state index contributed by atoms with van der Waals surface area (Å²) in [6, 6.07) is 3.94. The molecule has 0 atom stereocenters. The molecule has 0 radical (unpaired) electrons. The summed E-state index contributed by atoms with van der Waals surface area (Å²) in [5, 5.41) is 7.76. The number of ether oxygens (including phenoxy) is 2. The van der Waals surface area contributed by atoms with Crippen LogP contribution < -0.4 is 9.47 Å². The lowest BCUT2D eigenvalue weighted by Crippen LogP contribution is -1.96. The average molecular weight is 188 g/mol. The molecule has 1 aromatic rings. The first-order chi connectivity index (χ1) is 6.95. The summed E-state index contributed by atoms with van der Waals surface area (Å²) in [5.41, 5.74) is 2.15. The van der Waals surface area contributed by atoms with Gasteiger partial charge in [0.05, 0.1) is 6.21 Å². The van der Waals surface area contributed by atoms with Crippen molar-refractivity contribution in [3.63, 3.8) is 0 Å². The Morgan fingerprint density at radius 1 is 1.14 bits per heavy atom. The van der Waals surface area contributed by atoms with Crippen molar-refractivity contribution in [1.29, 1.82) is 0 Å². The molecule has 2 heterocycles. The Kier molecular flexibility index (Phi) is 1.53. The van der Waals surface area contributed by atoms with Gasteiger partial charge in [-0.15, -0.1) is 0 Å². The summed E-state index contributed by atoms with van der Waals surface area (Å²) in [6.07, 6.45) is 4.28. The fourth-order valence-electron chi connectivity index (χ4n) is 1.63. The van der Waals surface area contributed by atoms with Gasteiger partial charge >= 0.3 is 0 Å². The third-order valence-corrected chi connectivity index (χ3v) is 2.31. The van der Waals surface area contributed by atoms with Crippen molar-refractivity contribution < 1.29 is 9.47 Å². The molecule has 3 rings (SSSR count). The smallest absolute Gasteiger partial charge is 0.231 e. The van der Waals surface area contributed by atoms with E-state index < -0.39 is 0 Å². The fraction of sp³-hybridized carbons (Fsp3) is 0.200. The molecule has 0 amide bonds. The quantitative estimate of drug-likeness (QED) is 0.617. The molecule has 0 unspecified atom stereocenters. The Labute approximate surface area is 80.9 Å². The van der Waals surface area contributed by atoms with Gasteiger partial charge in [-0.2, -0.15) is 10.2 Å². The van der Waals surface area contributed by atoms with Crippen LogP contribution in [-0.4, -0.2) is 19.2 Å². The zero-order valence-corrected chi connectivity index (χ0v) is 7.43.